The summed E-state index contributed by atoms with van der Waals surface area (Å²) < 4.78 is 16.8. The Bertz CT molecular complexity index is 1490. The van der Waals surface area contributed by atoms with Crippen molar-refractivity contribution in [1.29, 1.82) is 0 Å². The molecule has 0 saturated carbocycles. The summed E-state index contributed by atoms with van der Waals surface area (Å²) in [5, 5.41) is 0. The fraction of sp³-hybridized carbons (Fsp3) is 0.641. The van der Waals surface area contributed by atoms with Gasteiger partial charge >= 0.3 is 17.9 Å². The van der Waals surface area contributed by atoms with Gasteiger partial charge in [-0.1, -0.05) is 239 Å². The van der Waals surface area contributed by atoms with Crippen molar-refractivity contribution in [3.63, 3.8) is 0 Å². The van der Waals surface area contributed by atoms with Crippen LogP contribution in [-0.2, 0) is 28.6 Å². The standard InChI is InChI=1S/C64H104O6/c1-4-7-10-13-16-19-22-25-27-28-29-30-31-32-33-34-35-36-37-40-42-45-48-51-54-57-63(66)69-60-61(59-68-62(65)56-53-50-47-44-41-38-24-21-18-15-12-9-6-3)70-64(67)58-55-52-49-46-43-39-26-23-20-17-14-11-8-5-2/h7,9-10,12,16,18-19,21,25,27,29-30,32-33,35-36,38,40-42,61H,4-6,8,11,13-15,17,20,22-24,26,28,31,34,37,39,43-60H2,1-3H3/b10-7-,12-9-,19-16-,21-18-,27-25-,30-29-,33-32-,36-35-,41-38-,42-40-. The first-order valence-corrected chi connectivity index (χ1v) is 28.5. The van der Waals surface area contributed by atoms with Gasteiger partial charge in [-0.3, -0.25) is 14.4 Å². The third kappa shape index (κ3) is 54.7. The van der Waals surface area contributed by atoms with Crippen molar-refractivity contribution >= 4 is 17.9 Å². The zero-order valence-electron chi connectivity index (χ0n) is 45.2. The van der Waals surface area contributed by atoms with Crippen LogP contribution in [0.3, 0.4) is 0 Å². The molecule has 0 rings (SSSR count). The van der Waals surface area contributed by atoms with Crippen molar-refractivity contribution in [3.8, 4) is 0 Å². The highest BCUT2D eigenvalue weighted by molar-refractivity contribution is 5.71. The number of carbonyl (C=O) groups is 3. The van der Waals surface area contributed by atoms with Gasteiger partial charge in [-0.15, -0.1) is 0 Å². The van der Waals surface area contributed by atoms with Crippen LogP contribution in [-0.4, -0.2) is 37.2 Å². The van der Waals surface area contributed by atoms with E-state index in [-0.39, 0.29) is 31.1 Å². The maximum Gasteiger partial charge on any atom is 0.306 e. The molecule has 396 valence electrons. The van der Waals surface area contributed by atoms with Gasteiger partial charge in [-0.25, -0.2) is 0 Å². The van der Waals surface area contributed by atoms with Gasteiger partial charge in [0, 0.05) is 19.3 Å². The van der Waals surface area contributed by atoms with Gasteiger partial charge < -0.3 is 14.2 Å². The predicted molar refractivity (Wildman–Crippen MR) is 302 cm³/mol. The largest absolute Gasteiger partial charge is 0.462 e. The Balaban J connectivity index is 4.43. The van der Waals surface area contributed by atoms with E-state index in [1.807, 2.05) is 0 Å². The molecule has 0 radical (unpaired) electrons. The first-order chi connectivity index (χ1) is 34.5. The lowest BCUT2D eigenvalue weighted by Crippen LogP contribution is -2.30. The molecule has 0 heterocycles. The average Bonchev–Trinajstić information content (AvgIpc) is 3.36. The predicted octanol–water partition coefficient (Wildman–Crippen LogP) is 19.3. The minimum absolute atomic E-state index is 0.105. The molecule has 0 aliphatic carbocycles. The molecule has 0 aliphatic rings. The Morgan fingerprint density at radius 2 is 0.557 bits per heavy atom. The summed E-state index contributed by atoms with van der Waals surface area (Å²) >= 11 is 0. The summed E-state index contributed by atoms with van der Waals surface area (Å²) in [5.74, 6) is -0.966. The lowest BCUT2D eigenvalue weighted by molar-refractivity contribution is -0.167. The maximum atomic E-state index is 12.8. The van der Waals surface area contributed by atoms with Crippen LogP contribution in [0.5, 0.6) is 0 Å². The van der Waals surface area contributed by atoms with Gasteiger partial charge in [-0.2, -0.15) is 0 Å². The second-order valence-corrected chi connectivity index (χ2v) is 18.4. The highest BCUT2D eigenvalue weighted by Gasteiger charge is 2.19. The minimum atomic E-state index is -0.805. The minimum Gasteiger partial charge on any atom is -0.462 e. The molecule has 70 heavy (non-hydrogen) atoms. The number of unbranched alkanes of at least 4 members (excludes halogenated alkanes) is 19. The zero-order valence-corrected chi connectivity index (χ0v) is 45.2. The summed E-state index contributed by atoms with van der Waals surface area (Å²) in [4.78, 5) is 38.1. The Hall–Kier alpha value is -4.19. The van der Waals surface area contributed by atoms with Crippen LogP contribution in [0.4, 0.5) is 0 Å². The lowest BCUT2D eigenvalue weighted by atomic mass is 10.0. The molecule has 0 N–H and O–H groups in total. The van der Waals surface area contributed by atoms with Gasteiger partial charge in [0.1, 0.15) is 13.2 Å². The first-order valence-electron chi connectivity index (χ1n) is 28.5. The first kappa shape index (κ1) is 65.8. The highest BCUT2D eigenvalue weighted by Crippen LogP contribution is 2.15. The van der Waals surface area contributed by atoms with Crippen LogP contribution in [0.1, 0.15) is 245 Å². The number of hydrogen-bond acceptors (Lipinski definition) is 6. The van der Waals surface area contributed by atoms with Crippen LogP contribution in [0.2, 0.25) is 0 Å². The molecule has 0 aromatic rings. The molecule has 0 aromatic heterocycles. The number of hydrogen-bond donors (Lipinski definition) is 0. The van der Waals surface area contributed by atoms with E-state index in [0.29, 0.717) is 19.3 Å². The molecular weight excluding hydrogens is 865 g/mol. The molecule has 0 amide bonds. The van der Waals surface area contributed by atoms with Gasteiger partial charge in [0.2, 0.25) is 0 Å². The summed E-state index contributed by atoms with van der Waals surface area (Å²) in [6, 6.07) is 0. The molecule has 1 atom stereocenters. The van der Waals surface area contributed by atoms with Crippen molar-refractivity contribution in [3.05, 3.63) is 122 Å². The fourth-order valence-electron chi connectivity index (χ4n) is 7.49. The number of ether oxygens (including phenoxy) is 3. The van der Waals surface area contributed by atoms with E-state index in [1.165, 1.54) is 70.6 Å². The Morgan fingerprint density at radius 3 is 0.871 bits per heavy atom. The Labute approximate surface area is 431 Å². The second kappa shape index (κ2) is 57.4. The third-order valence-electron chi connectivity index (χ3n) is 11.7. The Morgan fingerprint density at radius 1 is 0.300 bits per heavy atom. The SMILES string of the molecule is CC/C=C\C/C=C\C/C=C\C/C=C\C/C=C\C/C=C\C/C=C\CCCCCC(=O)OCC(COC(=O)CCCCC/C=C\C/C=C\C/C=C\CC)OC(=O)CCCCCCCCCCCCCCCC. The molecule has 0 fully saturated rings. The Kier molecular flexibility index (Phi) is 54.0. The van der Waals surface area contributed by atoms with E-state index in [4.69, 9.17) is 14.2 Å². The summed E-state index contributed by atoms with van der Waals surface area (Å²) in [6.07, 6.45) is 79.1. The molecule has 0 spiro atoms. The van der Waals surface area contributed by atoms with Crippen LogP contribution < -0.4 is 0 Å². The summed E-state index contributed by atoms with van der Waals surface area (Å²) in [6.45, 7) is 6.35. The molecule has 1 unspecified atom stereocenters. The second-order valence-electron chi connectivity index (χ2n) is 18.4. The smallest absolute Gasteiger partial charge is 0.306 e. The quantitative estimate of drug-likeness (QED) is 0.0262. The van der Waals surface area contributed by atoms with Crippen molar-refractivity contribution in [2.45, 2.75) is 252 Å². The lowest BCUT2D eigenvalue weighted by Gasteiger charge is -2.18. The maximum absolute atomic E-state index is 12.8. The molecule has 0 aliphatic heterocycles. The van der Waals surface area contributed by atoms with Crippen molar-refractivity contribution in [2.24, 2.45) is 0 Å². The molecule has 0 aromatic carbocycles. The van der Waals surface area contributed by atoms with E-state index in [1.54, 1.807) is 0 Å². The van der Waals surface area contributed by atoms with Crippen LogP contribution in [0.15, 0.2) is 122 Å². The van der Waals surface area contributed by atoms with E-state index in [0.717, 1.165) is 135 Å². The van der Waals surface area contributed by atoms with Crippen molar-refractivity contribution in [2.75, 3.05) is 13.2 Å². The third-order valence-corrected chi connectivity index (χ3v) is 11.7. The van der Waals surface area contributed by atoms with Gasteiger partial charge in [0.05, 0.1) is 0 Å². The van der Waals surface area contributed by atoms with Crippen molar-refractivity contribution < 1.29 is 28.6 Å². The van der Waals surface area contributed by atoms with Gasteiger partial charge in [-0.05, 0) is 109 Å². The van der Waals surface area contributed by atoms with Crippen LogP contribution >= 0.6 is 0 Å². The normalized spacial score (nSPS) is 13.0. The van der Waals surface area contributed by atoms with Gasteiger partial charge in [0.25, 0.3) is 0 Å². The number of allylic oxidation sites excluding steroid dienone is 20. The monoisotopic (exact) mass is 969 g/mol. The summed E-state index contributed by atoms with van der Waals surface area (Å²) in [7, 11) is 0. The highest BCUT2D eigenvalue weighted by atomic mass is 16.6. The van der Waals surface area contributed by atoms with Crippen LogP contribution in [0, 0.1) is 0 Å². The topological polar surface area (TPSA) is 78.9 Å². The number of rotatable bonds is 50. The van der Waals surface area contributed by atoms with Crippen molar-refractivity contribution in [1.82, 2.24) is 0 Å². The molecule has 0 bridgehead atoms. The van der Waals surface area contributed by atoms with E-state index >= 15 is 0 Å². The molecule has 6 nitrogen and oxygen atoms in total. The number of esters is 3. The van der Waals surface area contributed by atoms with E-state index in [9.17, 15) is 14.4 Å². The fourth-order valence-corrected chi connectivity index (χ4v) is 7.49. The molecule has 0 saturated heterocycles. The van der Waals surface area contributed by atoms with E-state index in [2.05, 4.69) is 142 Å². The van der Waals surface area contributed by atoms with Crippen LogP contribution in [0.25, 0.3) is 0 Å². The zero-order chi connectivity index (χ0) is 50.7. The molecular formula is C64H104O6. The molecule has 6 heteroatoms. The summed E-state index contributed by atoms with van der Waals surface area (Å²) in [5.41, 5.74) is 0. The van der Waals surface area contributed by atoms with E-state index < -0.39 is 6.10 Å². The van der Waals surface area contributed by atoms with Gasteiger partial charge in [0.15, 0.2) is 6.10 Å². The average molecular weight is 970 g/mol. The number of carbonyl (C=O) groups excluding carboxylic acids is 3.